The molecule has 1 aliphatic heterocycles. The van der Waals surface area contributed by atoms with Gasteiger partial charge in [0.1, 0.15) is 11.9 Å². The second kappa shape index (κ2) is 7.92. The van der Waals surface area contributed by atoms with Crippen LogP contribution in [0.4, 0.5) is 4.39 Å². The Hall–Kier alpha value is -2.66. The number of piperidine rings is 1. The van der Waals surface area contributed by atoms with Crippen molar-refractivity contribution in [3.63, 3.8) is 0 Å². The highest BCUT2D eigenvalue weighted by atomic mass is 19.1. The number of fused-ring (bicyclic) bond motifs is 1. The van der Waals surface area contributed by atoms with Crippen LogP contribution in [0.25, 0.3) is 10.8 Å². The third-order valence-corrected chi connectivity index (χ3v) is 5.10. The Balaban J connectivity index is 1.35. The molecule has 2 aromatic carbocycles. The average Bonchev–Trinajstić information content (AvgIpc) is 2.70. The van der Waals surface area contributed by atoms with Gasteiger partial charge in [0.25, 0.3) is 0 Å². The number of halogens is 1. The van der Waals surface area contributed by atoms with Crippen LogP contribution in [0, 0.1) is 5.82 Å². The molecule has 0 atom stereocenters. The van der Waals surface area contributed by atoms with Crippen molar-refractivity contribution in [1.82, 2.24) is 9.88 Å². The van der Waals surface area contributed by atoms with Crippen molar-refractivity contribution in [2.75, 3.05) is 20.2 Å². The Morgan fingerprint density at radius 2 is 1.96 bits per heavy atom. The minimum Gasteiger partial charge on any atom is -0.493 e. The van der Waals surface area contributed by atoms with E-state index in [1.54, 1.807) is 12.3 Å². The first-order chi connectivity index (χ1) is 13.2. The molecule has 0 amide bonds. The van der Waals surface area contributed by atoms with Crippen LogP contribution in [-0.4, -0.2) is 36.2 Å². The molecule has 0 spiro atoms. The lowest BCUT2D eigenvalue weighted by molar-refractivity contribution is 0.0963. The first kappa shape index (κ1) is 17.7. The van der Waals surface area contributed by atoms with E-state index in [-0.39, 0.29) is 11.9 Å². The predicted molar refractivity (Wildman–Crippen MR) is 104 cm³/mol. The van der Waals surface area contributed by atoms with Gasteiger partial charge in [0.05, 0.1) is 7.11 Å². The lowest BCUT2D eigenvalue weighted by atomic mass is 10.1. The third kappa shape index (κ3) is 4.03. The largest absolute Gasteiger partial charge is 0.493 e. The van der Waals surface area contributed by atoms with Gasteiger partial charge in [-0.25, -0.2) is 4.39 Å². The number of para-hydroxylation sites is 1. The first-order valence-electron chi connectivity index (χ1n) is 9.27. The Labute approximate surface area is 158 Å². The van der Waals surface area contributed by atoms with Crippen LogP contribution in [0.15, 0.2) is 54.9 Å². The van der Waals surface area contributed by atoms with E-state index < -0.39 is 0 Å². The monoisotopic (exact) mass is 366 g/mol. The summed E-state index contributed by atoms with van der Waals surface area (Å²) in [4.78, 5) is 6.46. The van der Waals surface area contributed by atoms with E-state index in [4.69, 9.17) is 9.47 Å². The number of nitrogens with zero attached hydrogens (tertiary/aromatic N) is 2. The lowest BCUT2D eigenvalue weighted by Gasteiger charge is -2.32. The number of ether oxygens (including phenoxy) is 2. The van der Waals surface area contributed by atoms with Crippen LogP contribution in [0.3, 0.4) is 0 Å². The number of likely N-dealkylation sites (tertiary alicyclic amines) is 1. The van der Waals surface area contributed by atoms with E-state index in [1.165, 1.54) is 13.2 Å². The number of methoxy groups -OCH3 is 1. The van der Waals surface area contributed by atoms with E-state index >= 15 is 0 Å². The van der Waals surface area contributed by atoms with Gasteiger partial charge in [-0.05, 0) is 48.6 Å². The molecule has 0 bridgehead atoms. The summed E-state index contributed by atoms with van der Waals surface area (Å²) in [5, 5.41) is 2.25. The van der Waals surface area contributed by atoms with Gasteiger partial charge in [0.2, 0.25) is 0 Å². The standard InChI is InChI=1S/C22H23FN2O2/c1-26-22-18(3-2-4-21(22)23)15-25-11-8-19(9-12-25)27-20-6-5-17-14-24-10-7-16(17)13-20/h2-7,10,13-14,19H,8-9,11-12,15H2,1H3. The summed E-state index contributed by atoms with van der Waals surface area (Å²) in [7, 11) is 1.52. The van der Waals surface area contributed by atoms with Crippen molar-refractivity contribution in [2.45, 2.75) is 25.5 Å². The molecule has 140 valence electrons. The van der Waals surface area contributed by atoms with Gasteiger partial charge in [-0.15, -0.1) is 0 Å². The lowest BCUT2D eigenvalue weighted by Crippen LogP contribution is -2.37. The van der Waals surface area contributed by atoms with Crippen LogP contribution in [-0.2, 0) is 6.54 Å². The fraction of sp³-hybridized carbons (Fsp3) is 0.318. The van der Waals surface area contributed by atoms with Gasteiger partial charge >= 0.3 is 0 Å². The molecule has 3 aromatic rings. The maximum atomic E-state index is 13.9. The number of pyridine rings is 1. The highest BCUT2D eigenvalue weighted by Gasteiger charge is 2.22. The molecule has 1 saturated heterocycles. The Morgan fingerprint density at radius 1 is 1.11 bits per heavy atom. The predicted octanol–water partition coefficient (Wildman–Crippen LogP) is 4.43. The minimum atomic E-state index is -0.306. The van der Waals surface area contributed by atoms with Crippen LogP contribution < -0.4 is 9.47 Å². The molecule has 27 heavy (non-hydrogen) atoms. The van der Waals surface area contributed by atoms with E-state index in [1.807, 2.05) is 30.5 Å². The molecule has 4 nitrogen and oxygen atoms in total. The number of aromatic nitrogens is 1. The van der Waals surface area contributed by atoms with Gasteiger partial charge in [-0.3, -0.25) is 9.88 Å². The van der Waals surface area contributed by atoms with Crippen LogP contribution in [0.2, 0.25) is 0 Å². The maximum Gasteiger partial charge on any atom is 0.165 e. The number of rotatable bonds is 5. The zero-order valence-corrected chi connectivity index (χ0v) is 15.4. The van der Waals surface area contributed by atoms with E-state index in [9.17, 15) is 4.39 Å². The Kier molecular flexibility index (Phi) is 5.21. The molecule has 0 radical (unpaired) electrons. The summed E-state index contributed by atoms with van der Waals surface area (Å²) < 4.78 is 25.3. The molecule has 2 heterocycles. The zero-order valence-electron chi connectivity index (χ0n) is 15.4. The van der Waals surface area contributed by atoms with Crippen LogP contribution in [0.5, 0.6) is 11.5 Å². The highest BCUT2D eigenvalue weighted by molar-refractivity contribution is 5.82. The van der Waals surface area contributed by atoms with Crippen molar-refractivity contribution in [3.8, 4) is 11.5 Å². The van der Waals surface area contributed by atoms with Crippen molar-refractivity contribution >= 4 is 10.8 Å². The summed E-state index contributed by atoms with van der Waals surface area (Å²) in [5.74, 6) is 0.945. The Bertz CT molecular complexity index is 923. The second-order valence-corrected chi connectivity index (χ2v) is 6.91. The fourth-order valence-electron chi connectivity index (χ4n) is 3.66. The van der Waals surface area contributed by atoms with Crippen molar-refractivity contribution in [2.24, 2.45) is 0 Å². The summed E-state index contributed by atoms with van der Waals surface area (Å²) in [5.41, 5.74) is 0.889. The molecule has 1 aromatic heterocycles. The first-order valence-corrected chi connectivity index (χ1v) is 9.27. The van der Waals surface area contributed by atoms with Gasteiger partial charge in [0.15, 0.2) is 11.6 Å². The highest BCUT2D eigenvalue weighted by Crippen LogP contribution is 2.27. The molecular formula is C22H23FN2O2. The molecular weight excluding hydrogens is 343 g/mol. The number of hydrogen-bond donors (Lipinski definition) is 0. The van der Waals surface area contributed by atoms with Crippen LogP contribution in [0.1, 0.15) is 18.4 Å². The van der Waals surface area contributed by atoms with Gasteiger partial charge in [-0.2, -0.15) is 0 Å². The van der Waals surface area contributed by atoms with Gasteiger partial charge in [0, 0.05) is 43.0 Å². The number of hydrogen-bond acceptors (Lipinski definition) is 4. The summed E-state index contributed by atoms with van der Waals surface area (Å²) >= 11 is 0. The molecule has 0 N–H and O–H groups in total. The van der Waals surface area contributed by atoms with E-state index in [0.29, 0.717) is 12.3 Å². The third-order valence-electron chi connectivity index (χ3n) is 5.10. The normalized spacial score (nSPS) is 15.8. The quantitative estimate of drug-likeness (QED) is 0.669. The SMILES string of the molecule is COc1c(F)cccc1CN1CCC(Oc2ccc3cnccc3c2)CC1. The Morgan fingerprint density at radius 3 is 2.78 bits per heavy atom. The molecule has 1 fully saturated rings. The summed E-state index contributed by atoms with van der Waals surface area (Å²) in [6.07, 6.45) is 5.76. The number of benzene rings is 2. The summed E-state index contributed by atoms with van der Waals surface area (Å²) in [6.45, 7) is 2.53. The molecule has 1 aliphatic rings. The molecule has 4 rings (SSSR count). The molecule has 0 unspecified atom stereocenters. The van der Waals surface area contributed by atoms with Crippen molar-refractivity contribution < 1.29 is 13.9 Å². The van der Waals surface area contributed by atoms with Crippen LogP contribution >= 0.6 is 0 Å². The fourth-order valence-corrected chi connectivity index (χ4v) is 3.66. The van der Waals surface area contributed by atoms with Crippen molar-refractivity contribution in [3.05, 3.63) is 66.2 Å². The zero-order chi connectivity index (χ0) is 18.6. The smallest absolute Gasteiger partial charge is 0.165 e. The molecule has 0 aliphatic carbocycles. The minimum absolute atomic E-state index is 0.204. The molecule has 0 saturated carbocycles. The van der Waals surface area contributed by atoms with Crippen molar-refractivity contribution in [1.29, 1.82) is 0 Å². The van der Waals surface area contributed by atoms with Gasteiger partial charge < -0.3 is 9.47 Å². The average molecular weight is 366 g/mol. The van der Waals surface area contributed by atoms with E-state index in [2.05, 4.69) is 16.0 Å². The summed E-state index contributed by atoms with van der Waals surface area (Å²) in [6, 6.07) is 13.2. The topological polar surface area (TPSA) is 34.6 Å². The maximum absolute atomic E-state index is 13.9. The van der Waals surface area contributed by atoms with E-state index in [0.717, 1.165) is 48.0 Å². The van der Waals surface area contributed by atoms with Gasteiger partial charge in [-0.1, -0.05) is 12.1 Å². The second-order valence-electron chi connectivity index (χ2n) is 6.91. The molecule has 5 heteroatoms.